The maximum Gasteiger partial charge on any atom is 0.264 e. The summed E-state index contributed by atoms with van der Waals surface area (Å²) in [4.78, 5) is 22.9. The fourth-order valence-corrected chi connectivity index (χ4v) is 8.87. The highest BCUT2D eigenvalue weighted by atomic mass is 32.2. The predicted molar refractivity (Wildman–Crippen MR) is 186 cm³/mol. The van der Waals surface area contributed by atoms with Crippen LogP contribution in [-0.2, 0) is 14.3 Å². The highest BCUT2D eigenvalue weighted by molar-refractivity contribution is 8.21. The van der Waals surface area contributed by atoms with E-state index in [-0.39, 0.29) is 46.6 Å². The molecule has 2 aliphatic rings. The lowest BCUT2D eigenvalue weighted by molar-refractivity contribution is -0.121. The first-order valence-corrected chi connectivity index (χ1v) is 17.7. The Labute approximate surface area is 302 Å². The number of para-hydroxylation sites is 1. The van der Waals surface area contributed by atoms with Crippen LogP contribution in [0.15, 0.2) is 90.0 Å². The lowest BCUT2D eigenvalue weighted by atomic mass is 10.1. The van der Waals surface area contributed by atoms with Crippen molar-refractivity contribution in [2.45, 2.75) is 17.4 Å². The molecule has 19 heteroatoms. The van der Waals surface area contributed by atoms with Gasteiger partial charge in [-0.25, -0.2) is 43.4 Å². The number of aliphatic hydroxyl groups is 3. The van der Waals surface area contributed by atoms with Crippen LogP contribution in [0.2, 0.25) is 0 Å². The molecule has 0 radical (unpaired) electrons. The Morgan fingerprint density at radius 3 is 2.43 bits per heavy atom. The lowest BCUT2D eigenvalue weighted by Crippen LogP contribution is -2.46. The van der Waals surface area contributed by atoms with Gasteiger partial charge in [0.1, 0.15) is 35.2 Å². The Morgan fingerprint density at radius 1 is 1.02 bits per heavy atom. The lowest BCUT2D eigenvalue weighted by Gasteiger charge is -2.43. The molecule has 0 bridgehead atoms. The molecule has 0 spiro atoms. The Kier molecular flexibility index (Phi) is 10.2. The molecule has 1 amide bonds. The average Bonchev–Trinajstić information content (AvgIpc) is 3.87. The van der Waals surface area contributed by atoms with Gasteiger partial charge in [-0.3, -0.25) is 4.79 Å². The second kappa shape index (κ2) is 15.2. The Balaban J connectivity index is 1.22. The highest BCUT2D eigenvalue weighted by Gasteiger charge is 2.43. The van der Waals surface area contributed by atoms with Gasteiger partial charge in [0.25, 0.3) is 5.91 Å². The number of aliphatic hydroxyl groups excluding tert-OH is 3. The Hall–Kier alpha value is -5.63. The number of hydrogen-bond acceptors (Lipinski definition) is 12. The second-order valence-corrected chi connectivity index (χ2v) is 14.6. The Morgan fingerprint density at radius 2 is 1.72 bits per heavy atom. The summed E-state index contributed by atoms with van der Waals surface area (Å²) < 4.78 is 56.5. The Bertz CT molecular complexity index is 2160. The van der Waals surface area contributed by atoms with E-state index in [2.05, 4.69) is 30.6 Å². The minimum Gasteiger partial charge on any atom is -0.505 e. The summed E-state index contributed by atoms with van der Waals surface area (Å²) in [5.74, 6) is -5.35. The molecule has 5 aromatic rings. The SMILES string of the molecule is CN(C(=O)COC1=C(n2cc(-c3cc(F)c(F)c(F)c3)nn2)C(O)=C(CO)[SH]([C@@H]2COC[C@H](n3cc(-c4cncnc4)nn3)[C@H]2O)C1)c1ccccc1. The fourth-order valence-electron chi connectivity index (χ4n) is 6.09. The van der Waals surface area contributed by atoms with Gasteiger partial charge in [0.05, 0.1) is 38.3 Å². The summed E-state index contributed by atoms with van der Waals surface area (Å²) in [6.45, 7) is -0.963. The van der Waals surface area contributed by atoms with Crippen molar-refractivity contribution in [2.24, 2.45) is 0 Å². The molecule has 0 saturated carbocycles. The van der Waals surface area contributed by atoms with E-state index in [1.54, 1.807) is 49.9 Å². The number of carbonyl (C=O) groups excluding carboxylic acids is 1. The molecular formula is C34H32F3N9O6S. The van der Waals surface area contributed by atoms with Gasteiger partial charge < -0.3 is 29.7 Å². The van der Waals surface area contributed by atoms with E-state index in [9.17, 15) is 33.3 Å². The number of amides is 1. The second-order valence-electron chi connectivity index (χ2n) is 12.1. The number of anilines is 1. The first-order valence-electron chi connectivity index (χ1n) is 16.1. The van der Waals surface area contributed by atoms with Crippen LogP contribution < -0.4 is 4.90 Å². The fraction of sp³-hybridized carbons (Fsp3) is 0.265. The number of aromatic nitrogens is 8. The van der Waals surface area contributed by atoms with E-state index in [0.29, 0.717) is 16.9 Å². The van der Waals surface area contributed by atoms with Gasteiger partial charge in [-0.15, -0.1) is 10.2 Å². The molecule has 3 N–H and O–H groups in total. The molecule has 1 fully saturated rings. The van der Waals surface area contributed by atoms with Crippen LogP contribution in [0.3, 0.4) is 0 Å². The molecule has 0 aliphatic carbocycles. The number of benzene rings is 2. The molecule has 276 valence electrons. The zero-order valence-corrected chi connectivity index (χ0v) is 28.8. The molecule has 1 unspecified atom stereocenters. The number of halogens is 3. The number of allylic oxidation sites excluding steroid dienone is 1. The van der Waals surface area contributed by atoms with Gasteiger partial charge in [-0.05, 0) is 24.3 Å². The van der Waals surface area contributed by atoms with E-state index in [0.717, 1.165) is 16.8 Å². The summed E-state index contributed by atoms with van der Waals surface area (Å²) in [7, 11) is -0.0932. The van der Waals surface area contributed by atoms with E-state index in [1.165, 1.54) is 22.1 Å². The van der Waals surface area contributed by atoms with E-state index in [1.807, 2.05) is 6.07 Å². The van der Waals surface area contributed by atoms with E-state index in [4.69, 9.17) is 9.47 Å². The zero-order valence-electron chi connectivity index (χ0n) is 27.9. The molecule has 4 atom stereocenters. The third-order valence-corrected chi connectivity index (χ3v) is 11.9. The van der Waals surface area contributed by atoms with Gasteiger partial charge in [-0.1, -0.05) is 28.6 Å². The summed E-state index contributed by atoms with van der Waals surface area (Å²) in [6, 6.07) is 9.64. The van der Waals surface area contributed by atoms with Crippen LogP contribution in [0.25, 0.3) is 28.2 Å². The van der Waals surface area contributed by atoms with Crippen LogP contribution in [0.5, 0.6) is 0 Å². The summed E-state index contributed by atoms with van der Waals surface area (Å²) in [6.07, 6.45) is 6.31. The van der Waals surface area contributed by atoms with Gasteiger partial charge in [0.15, 0.2) is 29.8 Å². The minimum atomic E-state index is -1.67. The first kappa shape index (κ1) is 35.8. The van der Waals surface area contributed by atoms with Gasteiger partial charge in [0.2, 0.25) is 0 Å². The summed E-state index contributed by atoms with van der Waals surface area (Å²) >= 11 is 0. The third kappa shape index (κ3) is 7.10. The summed E-state index contributed by atoms with van der Waals surface area (Å²) in [5.41, 5.74) is 1.39. The van der Waals surface area contributed by atoms with Crippen molar-refractivity contribution in [3.8, 4) is 22.5 Å². The molecule has 2 aromatic carbocycles. The van der Waals surface area contributed by atoms with Crippen LogP contribution in [-0.4, -0.2) is 112 Å². The molecule has 5 heterocycles. The van der Waals surface area contributed by atoms with Crippen LogP contribution in [0.4, 0.5) is 18.9 Å². The monoisotopic (exact) mass is 751 g/mol. The molecule has 53 heavy (non-hydrogen) atoms. The smallest absolute Gasteiger partial charge is 0.264 e. The topological polar surface area (TPSA) is 187 Å². The number of carbonyl (C=O) groups is 1. The molecule has 1 saturated heterocycles. The number of rotatable bonds is 10. The number of thiol groups is 1. The minimum absolute atomic E-state index is 0.00369. The van der Waals surface area contributed by atoms with Gasteiger partial charge in [0, 0.05) is 52.2 Å². The van der Waals surface area contributed by atoms with Crippen LogP contribution >= 0.6 is 10.9 Å². The number of likely N-dealkylation sites (N-methyl/N-ethyl adjacent to an activating group) is 1. The first-order chi connectivity index (χ1) is 25.6. The van der Waals surface area contributed by atoms with Crippen molar-refractivity contribution in [2.75, 3.05) is 44.1 Å². The number of nitrogens with zero attached hydrogens (tertiary/aromatic N) is 9. The molecular weight excluding hydrogens is 719 g/mol. The predicted octanol–water partition coefficient (Wildman–Crippen LogP) is 3.04. The largest absolute Gasteiger partial charge is 0.505 e. The number of ether oxygens (including phenoxy) is 2. The van der Waals surface area contributed by atoms with Crippen molar-refractivity contribution in [1.29, 1.82) is 0 Å². The maximum absolute atomic E-state index is 14.1. The van der Waals surface area contributed by atoms with E-state index < -0.39 is 70.6 Å². The quantitative estimate of drug-likeness (QED) is 0.121. The molecule has 2 aliphatic heterocycles. The van der Waals surface area contributed by atoms with Crippen molar-refractivity contribution >= 4 is 28.2 Å². The van der Waals surface area contributed by atoms with Gasteiger partial charge in [-0.2, -0.15) is 0 Å². The van der Waals surface area contributed by atoms with Crippen LogP contribution in [0.1, 0.15) is 6.04 Å². The molecule has 7 rings (SSSR count). The van der Waals surface area contributed by atoms with Crippen molar-refractivity contribution in [3.63, 3.8) is 0 Å². The standard InChI is InChI=1S/C34H32F3N9O6S/c1-44(21-5-3-2-4-6-21)30(48)16-52-27-17-53(29-15-51-14-26(33(29)49)45-11-25(41-42-45)20-9-38-18-39-10-20)28(13-47)34(50)32(27)46-12-24(40-43-46)19-7-22(35)31(37)23(36)8-19/h2-12,18,26,29,33,47,49-50,53H,13-17H2,1H3/t26-,29+,33+/m0/s1. The maximum atomic E-state index is 14.1. The van der Waals surface area contributed by atoms with Crippen molar-refractivity contribution < 1.29 is 42.8 Å². The van der Waals surface area contributed by atoms with Gasteiger partial charge >= 0.3 is 0 Å². The summed E-state index contributed by atoms with van der Waals surface area (Å²) in [5, 5.41) is 50.0. The average molecular weight is 752 g/mol. The molecule has 3 aromatic heterocycles. The van der Waals surface area contributed by atoms with E-state index >= 15 is 0 Å². The van der Waals surface area contributed by atoms with Crippen molar-refractivity contribution in [3.05, 3.63) is 107 Å². The zero-order chi connectivity index (χ0) is 37.2. The number of hydrogen-bond donors (Lipinski definition) is 4. The third-order valence-electron chi connectivity index (χ3n) is 8.93. The van der Waals surface area contributed by atoms with Crippen LogP contribution in [0, 0.1) is 17.5 Å². The van der Waals surface area contributed by atoms with Crippen molar-refractivity contribution in [1.82, 2.24) is 40.0 Å². The normalized spacial score (nSPS) is 21.2. The molecule has 15 nitrogen and oxygen atoms in total. The highest BCUT2D eigenvalue weighted by Crippen LogP contribution is 2.52.